The highest BCUT2D eigenvalue weighted by molar-refractivity contribution is 7.99. The molecule has 1 fully saturated rings. The van der Waals surface area contributed by atoms with Crippen LogP contribution in [0.3, 0.4) is 0 Å². The van der Waals surface area contributed by atoms with E-state index in [2.05, 4.69) is 15.2 Å². The number of hydrogen-bond acceptors (Lipinski definition) is 4. The van der Waals surface area contributed by atoms with Crippen LogP contribution in [0.25, 0.3) is 0 Å². The molecule has 0 aliphatic carbocycles. The molecular formula is C21H27FN4OS. The summed E-state index contributed by atoms with van der Waals surface area (Å²) in [4.78, 5) is 8.93. The Kier molecular flexibility index (Phi) is 8.14. The molecule has 0 aromatic heterocycles. The lowest BCUT2D eigenvalue weighted by Gasteiger charge is -2.26. The number of halogens is 1. The molecule has 1 aliphatic heterocycles. The molecular weight excluding hydrogens is 375 g/mol. The summed E-state index contributed by atoms with van der Waals surface area (Å²) >= 11 is 1.60. The number of aliphatic imine (C=N–C) groups is 1. The number of benzene rings is 2. The lowest BCUT2D eigenvalue weighted by molar-refractivity contribution is 0.0376. The highest BCUT2D eigenvalue weighted by atomic mass is 32.2. The van der Waals surface area contributed by atoms with Crippen LogP contribution in [0.4, 0.5) is 4.39 Å². The summed E-state index contributed by atoms with van der Waals surface area (Å²) in [5, 5.41) is 3.18. The number of morpholine rings is 1. The van der Waals surface area contributed by atoms with Gasteiger partial charge in [0.15, 0.2) is 5.96 Å². The molecule has 0 atom stereocenters. The minimum atomic E-state index is -0.218. The minimum Gasteiger partial charge on any atom is -0.379 e. The topological polar surface area (TPSA) is 62.9 Å². The van der Waals surface area contributed by atoms with Crippen LogP contribution in [0.5, 0.6) is 0 Å². The molecule has 3 N–H and O–H groups in total. The molecule has 3 rings (SSSR count). The molecule has 0 radical (unpaired) electrons. The SMILES string of the molecule is NC(=NCc1ccc(Sc2ccc(F)cc2)cc1)NCCCN1CCOCC1. The van der Waals surface area contributed by atoms with Crippen molar-refractivity contribution in [3.63, 3.8) is 0 Å². The van der Waals surface area contributed by atoms with E-state index in [1.807, 2.05) is 24.3 Å². The van der Waals surface area contributed by atoms with Crippen LogP contribution < -0.4 is 11.1 Å². The van der Waals surface area contributed by atoms with Crippen molar-refractivity contribution in [1.29, 1.82) is 0 Å². The van der Waals surface area contributed by atoms with Crippen LogP contribution >= 0.6 is 11.8 Å². The van der Waals surface area contributed by atoms with Gasteiger partial charge in [-0.05, 0) is 54.9 Å². The predicted molar refractivity (Wildman–Crippen MR) is 112 cm³/mol. The smallest absolute Gasteiger partial charge is 0.188 e. The quantitative estimate of drug-likeness (QED) is 0.404. The van der Waals surface area contributed by atoms with Crippen molar-refractivity contribution in [1.82, 2.24) is 10.2 Å². The second kappa shape index (κ2) is 11.0. The van der Waals surface area contributed by atoms with Gasteiger partial charge in [0.1, 0.15) is 5.82 Å². The Morgan fingerprint density at radius 1 is 1.07 bits per heavy atom. The van der Waals surface area contributed by atoms with Gasteiger partial charge < -0.3 is 15.8 Å². The zero-order valence-corrected chi connectivity index (χ0v) is 16.8. The summed E-state index contributed by atoms with van der Waals surface area (Å²) in [6.07, 6.45) is 1.03. The van der Waals surface area contributed by atoms with E-state index in [9.17, 15) is 4.39 Å². The first kappa shape index (κ1) is 20.6. The second-order valence-electron chi connectivity index (χ2n) is 6.64. The summed E-state index contributed by atoms with van der Waals surface area (Å²) in [6.45, 7) is 6.11. The first-order chi connectivity index (χ1) is 13.7. The summed E-state index contributed by atoms with van der Waals surface area (Å²) in [5.41, 5.74) is 7.05. The highest BCUT2D eigenvalue weighted by Crippen LogP contribution is 2.27. The normalized spacial score (nSPS) is 15.5. The average molecular weight is 403 g/mol. The standard InChI is InChI=1S/C21H27FN4OS/c22-18-4-8-20(9-5-18)28-19-6-2-17(3-7-19)16-25-21(23)24-10-1-11-26-12-14-27-15-13-26/h2-9H,1,10-16H2,(H3,23,24,25). The number of nitrogens with one attached hydrogen (secondary N) is 1. The molecule has 5 nitrogen and oxygen atoms in total. The van der Waals surface area contributed by atoms with Crippen LogP contribution in [0.15, 0.2) is 63.3 Å². The van der Waals surface area contributed by atoms with Gasteiger partial charge in [-0.1, -0.05) is 23.9 Å². The Bertz CT molecular complexity index is 746. The van der Waals surface area contributed by atoms with Crippen molar-refractivity contribution < 1.29 is 9.13 Å². The summed E-state index contributed by atoms with van der Waals surface area (Å²) in [5.74, 6) is 0.261. The van der Waals surface area contributed by atoms with Gasteiger partial charge in [-0.2, -0.15) is 0 Å². The molecule has 0 unspecified atom stereocenters. The Labute approximate surface area is 170 Å². The molecule has 1 saturated heterocycles. The lowest BCUT2D eigenvalue weighted by Crippen LogP contribution is -2.39. The van der Waals surface area contributed by atoms with Gasteiger partial charge in [-0.3, -0.25) is 4.90 Å². The fourth-order valence-electron chi connectivity index (χ4n) is 2.88. The van der Waals surface area contributed by atoms with Gasteiger partial charge in [0.25, 0.3) is 0 Å². The van der Waals surface area contributed by atoms with Gasteiger partial charge >= 0.3 is 0 Å². The van der Waals surface area contributed by atoms with E-state index in [1.165, 1.54) is 12.1 Å². The molecule has 1 aliphatic rings. The molecule has 0 saturated carbocycles. The number of hydrogen-bond donors (Lipinski definition) is 2. The maximum atomic E-state index is 13.0. The Hall–Kier alpha value is -2.09. The molecule has 0 spiro atoms. The van der Waals surface area contributed by atoms with E-state index in [1.54, 1.807) is 23.9 Å². The van der Waals surface area contributed by atoms with Crippen LogP contribution in [0.2, 0.25) is 0 Å². The first-order valence-electron chi connectivity index (χ1n) is 9.55. The summed E-state index contributed by atoms with van der Waals surface area (Å²) in [7, 11) is 0. The molecule has 0 amide bonds. The Balaban J connectivity index is 1.37. The molecule has 2 aromatic rings. The van der Waals surface area contributed by atoms with E-state index in [4.69, 9.17) is 10.5 Å². The molecule has 2 aromatic carbocycles. The van der Waals surface area contributed by atoms with Crippen molar-refractivity contribution in [2.24, 2.45) is 10.7 Å². The third-order valence-electron chi connectivity index (χ3n) is 4.47. The van der Waals surface area contributed by atoms with Gasteiger partial charge in [-0.15, -0.1) is 0 Å². The van der Waals surface area contributed by atoms with Crippen molar-refractivity contribution in [3.8, 4) is 0 Å². The predicted octanol–water partition coefficient (Wildman–Crippen LogP) is 3.10. The van der Waals surface area contributed by atoms with Crippen LogP contribution in [0, 0.1) is 5.82 Å². The zero-order valence-electron chi connectivity index (χ0n) is 15.9. The number of rotatable bonds is 8. The third kappa shape index (κ3) is 7.14. The van der Waals surface area contributed by atoms with E-state index in [-0.39, 0.29) is 5.82 Å². The van der Waals surface area contributed by atoms with Gasteiger partial charge in [0, 0.05) is 29.4 Å². The highest BCUT2D eigenvalue weighted by Gasteiger charge is 2.09. The monoisotopic (exact) mass is 402 g/mol. The number of guanidine groups is 1. The van der Waals surface area contributed by atoms with E-state index < -0.39 is 0 Å². The van der Waals surface area contributed by atoms with Gasteiger partial charge in [0.05, 0.1) is 19.8 Å². The van der Waals surface area contributed by atoms with Crippen molar-refractivity contribution >= 4 is 17.7 Å². The van der Waals surface area contributed by atoms with Gasteiger partial charge in [-0.25, -0.2) is 9.38 Å². The van der Waals surface area contributed by atoms with E-state index in [0.717, 1.165) is 61.2 Å². The fourth-order valence-corrected chi connectivity index (χ4v) is 3.69. The molecule has 0 bridgehead atoms. The number of nitrogens with two attached hydrogens (primary N) is 1. The van der Waals surface area contributed by atoms with Crippen molar-refractivity contribution in [3.05, 3.63) is 59.9 Å². The first-order valence-corrected chi connectivity index (χ1v) is 10.4. The zero-order chi connectivity index (χ0) is 19.6. The molecule has 28 heavy (non-hydrogen) atoms. The molecule has 150 valence electrons. The maximum absolute atomic E-state index is 13.0. The Morgan fingerprint density at radius 3 is 2.39 bits per heavy atom. The van der Waals surface area contributed by atoms with Crippen LogP contribution in [-0.2, 0) is 11.3 Å². The summed E-state index contributed by atoms with van der Waals surface area (Å²) < 4.78 is 18.3. The fraction of sp³-hybridized carbons (Fsp3) is 0.381. The van der Waals surface area contributed by atoms with Crippen molar-refractivity contribution in [2.45, 2.75) is 22.8 Å². The Morgan fingerprint density at radius 2 is 1.71 bits per heavy atom. The average Bonchev–Trinajstić information content (AvgIpc) is 2.73. The largest absolute Gasteiger partial charge is 0.379 e. The molecule has 1 heterocycles. The summed E-state index contributed by atoms with van der Waals surface area (Å²) in [6, 6.07) is 14.7. The second-order valence-corrected chi connectivity index (χ2v) is 7.78. The van der Waals surface area contributed by atoms with Crippen LogP contribution in [-0.4, -0.2) is 50.3 Å². The number of nitrogens with zero attached hydrogens (tertiary/aromatic N) is 2. The maximum Gasteiger partial charge on any atom is 0.188 e. The lowest BCUT2D eigenvalue weighted by atomic mass is 10.2. The van der Waals surface area contributed by atoms with E-state index >= 15 is 0 Å². The minimum absolute atomic E-state index is 0.218. The van der Waals surface area contributed by atoms with Crippen LogP contribution in [0.1, 0.15) is 12.0 Å². The number of ether oxygens (including phenoxy) is 1. The van der Waals surface area contributed by atoms with Crippen molar-refractivity contribution in [2.75, 3.05) is 39.4 Å². The molecule has 7 heteroatoms. The van der Waals surface area contributed by atoms with E-state index in [0.29, 0.717) is 12.5 Å². The third-order valence-corrected chi connectivity index (χ3v) is 5.48. The van der Waals surface area contributed by atoms with Gasteiger partial charge in [0.2, 0.25) is 0 Å².